The summed E-state index contributed by atoms with van der Waals surface area (Å²) < 4.78 is 28.5. The summed E-state index contributed by atoms with van der Waals surface area (Å²) >= 11 is 0. The first-order valence-electron chi connectivity index (χ1n) is 10.8. The van der Waals surface area contributed by atoms with Crippen LogP contribution in [0.25, 0.3) is 22.6 Å². The summed E-state index contributed by atoms with van der Waals surface area (Å²) in [5, 5.41) is 10.6. The van der Waals surface area contributed by atoms with Crippen LogP contribution in [0.15, 0.2) is 18.5 Å². The van der Waals surface area contributed by atoms with Crippen molar-refractivity contribution in [3.63, 3.8) is 0 Å². The Morgan fingerprint density at radius 1 is 1.16 bits per heavy atom. The third kappa shape index (κ3) is 3.45. The molecule has 5 rings (SSSR count). The fourth-order valence-corrected chi connectivity index (χ4v) is 5.53. The second kappa shape index (κ2) is 7.62. The van der Waals surface area contributed by atoms with Crippen LogP contribution < -0.4 is 5.32 Å². The Kier molecular flexibility index (Phi) is 4.91. The summed E-state index contributed by atoms with van der Waals surface area (Å²) in [5.41, 5.74) is 0.679. The van der Waals surface area contributed by atoms with Crippen molar-refractivity contribution in [1.29, 1.82) is 0 Å². The molecule has 0 radical (unpaired) electrons. The number of Topliss-reactive ketones (excluding diaryl/α,β-unsaturated/α-hetero) is 1. The Morgan fingerprint density at radius 3 is 2.71 bits per heavy atom. The number of rotatable bonds is 4. The van der Waals surface area contributed by atoms with Gasteiger partial charge in [0.25, 0.3) is 0 Å². The van der Waals surface area contributed by atoms with Gasteiger partial charge in [0.05, 0.1) is 17.8 Å². The molecule has 31 heavy (non-hydrogen) atoms. The molecule has 2 aliphatic rings. The van der Waals surface area contributed by atoms with Gasteiger partial charge >= 0.3 is 0 Å². The average Bonchev–Trinajstić information content (AvgIpc) is 3.38. The minimum Gasteiger partial charge on any atom is -0.363 e. The highest BCUT2D eigenvalue weighted by Crippen LogP contribution is 2.52. The second-order valence-corrected chi connectivity index (χ2v) is 8.81. The number of carbonyl (C=O) groups excluding carboxylic acids is 1. The Hall–Kier alpha value is -2.97. The zero-order chi connectivity index (χ0) is 21.6. The molecule has 3 heterocycles. The van der Waals surface area contributed by atoms with Gasteiger partial charge in [0.2, 0.25) is 0 Å². The van der Waals surface area contributed by atoms with Crippen LogP contribution in [0.3, 0.4) is 0 Å². The first kappa shape index (κ1) is 20.0. The number of aromatic nitrogens is 5. The van der Waals surface area contributed by atoms with Crippen molar-refractivity contribution in [2.45, 2.75) is 57.9 Å². The number of halogens is 2. The van der Waals surface area contributed by atoms with Crippen molar-refractivity contribution < 1.29 is 13.6 Å². The molecule has 1 spiro atoms. The molecule has 2 N–H and O–H groups in total. The topological polar surface area (TPSA) is 96.5 Å². The van der Waals surface area contributed by atoms with Gasteiger partial charge in [-0.25, -0.2) is 23.7 Å². The summed E-state index contributed by atoms with van der Waals surface area (Å²) in [4.78, 5) is 24.9. The number of ketones is 1. The fourth-order valence-electron chi connectivity index (χ4n) is 5.53. The largest absolute Gasteiger partial charge is 0.363 e. The van der Waals surface area contributed by atoms with E-state index in [0.29, 0.717) is 16.7 Å². The highest BCUT2D eigenvalue weighted by molar-refractivity contribution is 5.88. The first-order valence-corrected chi connectivity index (χ1v) is 10.8. The third-order valence-electron chi connectivity index (χ3n) is 7.00. The molecule has 162 valence electrons. The van der Waals surface area contributed by atoms with Crippen molar-refractivity contribution in [3.8, 4) is 11.5 Å². The predicted molar refractivity (Wildman–Crippen MR) is 111 cm³/mol. The number of nitrogens with zero attached hydrogens (tertiary/aromatic N) is 4. The maximum atomic E-state index is 14.8. The van der Waals surface area contributed by atoms with Crippen molar-refractivity contribution in [2.24, 2.45) is 11.3 Å². The highest BCUT2D eigenvalue weighted by atomic mass is 19.1. The van der Waals surface area contributed by atoms with Crippen LogP contribution in [0.5, 0.6) is 0 Å². The molecule has 2 aliphatic carbocycles. The number of fused-ring (bicyclic) bond motifs is 1. The number of pyridine rings is 1. The van der Waals surface area contributed by atoms with E-state index in [1.54, 1.807) is 6.92 Å². The van der Waals surface area contributed by atoms with E-state index in [1.807, 2.05) is 0 Å². The average molecular weight is 426 g/mol. The summed E-state index contributed by atoms with van der Waals surface area (Å²) in [6, 6.07) is 1.12. The van der Waals surface area contributed by atoms with Gasteiger partial charge in [0.15, 0.2) is 23.1 Å². The van der Waals surface area contributed by atoms with E-state index in [2.05, 4.69) is 30.5 Å². The third-order valence-corrected chi connectivity index (χ3v) is 7.00. The zero-order valence-electron chi connectivity index (χ0n) is 17.3. The van der Waals surface area contributed by atoms with Crippen molar-refractivity contribution in [3.05, 3.63) is 30.1 Å². The van der Waals surface area contributed by atoms with Crippen molar-refractivity contribution in [2.75, 3.05) is 5.32 Å². The van der Waals surface area contributed by atoms with Gasteiger partial charge < -0.3 is 5.32 Å². The van der Waals surface area contributed by atoms with Gasteiger partial charge in [-0.05, 0) is 44.1 Å². The summed E-state index contributed by atoms with van der Waals surface area (Å²) in [5.74, 6) is -0.931. The number of hydrogen-bond acceptors (Lipinski definition) is 6. The number of nitrogens with one attached hydrogen (secondary N) is 2. The summed E-state index contributed by atoms with van der Waals surface area (Å²) in [6.07, 6.45) is 9.33. The van der Waals surface area contributed by atoms with E-state index in [4.69, 9.17) is 0 Å². The standard InChI is InChI=1S/C22H24F2N6O/c1-12(31)14-5-4-8-22(6-2-3-7-22)18(14)27-20-16(24)11-26-21(28-20)17-15-9-13(23)10-25-19(15)30-29-17/h9-11,14,18H,2-8H2,1H3,(H,25,29,30)(H,26,27,28)/t14-,18-/m1/s1. The predicted octanol–water partition coefficient (Wildman–Crippen LogP) is 4.42. The molecule has 0 aliphatic heterocycles. The van der Waals surface area contributed by atoms with Gasteiger partial charge in [0.1, 0.15) is 17.3 Å². The molecule has 2 fully saturated rings. The van der Waals surface area contributed by atoms with Gasteiger partial charge in [-0.2, -0.15) is 5.10 Å². The molecule has 0 saturated heterocycles. The van der Waals surface area contributed by atoms with Gasteiger partial charge in [0, 0.05) is 12.0 Å². The number of hydrogen-bond donors (Lipinski definition) is 2. The Labute approximate surface area is 178 Å². The fraction of sp³-hybridized carbons (Fsp3) is 0.500. The molecule has 3 aromatic rings. The van der Waals surface area contributed by atoms with Crippen LogP contribution >= 0.6 is 0 Å². The highest BCUT2D eigenvalue weighted by Gasteiger charge is 2.48. The van der Waals surface area contributed by atoms with Gasteiger partial charge in [-0.15, -0.1) is 0 Å². The lowest BCUT2D eigenvalue weighted by atomic mass is 9.63. The smallest absolute Gasteiger partial charge is 0.183 e. The quantitative estimate of drug-likeness (QED) is 0.641. The molecule has 0 aromatic carbocycles. The minimum absolute atomic E-state index is 0.0157. The van der Waals surface area contributed by atoms with E-state index >= 15 is 0 Å². The Morgan fingerprint density at radius 2 is 1.94 bits per heavy atom. The Bertz CT molecular complexity index is 1140. The minimum atomic E-state index is -0.589. The summed E-state index contributed by atoms with van der Waals surface area (Å²) in [7, 11) is 0. The molecule has 9 heteroatoms. The monoisotopic (exact) mass is 426 g/mol. The van der Waals surface area contributed by atoms with Crippen LogP contribution in [-0.2, 0) is 4.79 Å². The SMILES string of the molecule is CC(=O)[C@H]1CCCC2(CCCC2)[C@@H]1Nc1nc(-c2n[nH]c3ncc(F)cc23)ncc1F. The normalized spacial score (nSPS) is 22.8. The van der Waals surface area contributed by atoms with Crippen LogP contribution in [-0.4, -0.2) is 37.0 Å². The molecule has 0 unspecified atom stereocenters. The summed E-state index contributed by atoms with van der Waals surface area (Å²) in [6.45, 7) is 1.62. The molecule has 3 aromatic heterocycles. The lowest BCUT2D eigenvalue weighted by Gasteiger charge is -2.46. The molecular weight excluding hydrogens is 402 g/mol. The van der Waals surface area contributed by atoms with Gasteiger partial charge in [-0.1, -0.05) is 19.3 Å². The van der Waals surface area contributed by atoms with E-state index in [-0.39, 0.29) is 34.8 Å². The van der Waals surface area contributed by atoms with Crippen LogP contribution in [0.4, 0.5) is 14.6 Å². The molecule has 2 atom stereocenters. The van der Waals surface area contributed by atoms with Crippen LogP contribution in [0.1, 0.15) is 51.9 Å². The molecule has 2 saturated carbocycles. The first-order chi connectivity index (χ1) is 15.0. The number of aromatic amines is 1. The van der Waals surface area contributed by atoms with Crippen LogP contribution in [0.2, 0.25) is 0 Å². The lowest BCUT2D eigenvalue weighted by molar-refractivity contribution is -0.123. The zero-order valence-corrected chi connectivity index (χ0v) is 17.3. The van der Waals surface area contributed by atoms with E-state index in [0.717, 1.165) is 57.3 Å². The maximum absolute atomic E-state index is 14.8. The molecule has 7 nitrogen and oxygen atoms in total. The van der Waals surface area contributed by atoms with Crippen molar-refractivity contribution >= 4 is 22.6 Å². The number of anilines is 1. The molecule has 0 bridgehead atoms. The lowest BCUT2D eigenvalue weighted by Crippen LogP contribution is -2.49. The Balaban J connectivity index is 1.54. The van der Waals surface area contributed by atoms with Gasteiger partial charge in [-0.3, -0.25) is 9.89 Å². The second-order valence-electron chi connectivity index (χ2n) is 8.81. The van der Waals surface area contributed by atoms with Crippen molar-refractivity contribution in [1.82, 2.24) is 25.1 Å². The van der Waals surface area contributed by atoms with E-state index in [9.17, 15) is 13.6 Å². The number of carbonyl (C=O) groups is 1. The van der Waals surface area contributed by atoms with E-state index < -0.39 is 11.6 Å². The molecular formula is C22H24F2N6O. The molecule has 0 amide bonds. The maximum Gasteiger partial charge on any atom is 0.183 e. The van der Waals surface area contributed by atoms with Crippen LogP contribution in [0, 0.1) is 23.0 Å². The van der Waals surface area contributed by atoms with E-state index in [1.165, 1.54) is 6.07 Å². The number of H-pyrrole nitrogens is 1.